The number of nitrogens with one attached hydrogen (secondary N) is 1. The van der Waals surface area contributed by atoms with Crippen LogP contribution in [0.4, 0.5) is 0 Å². The molecule has 1 N–H and O–H groups in total. The van der Waals surface area contributed by atoms with Crippen LogP contribution in [0.25, 0.3) is 0 Å². The first-order valence-electron chi connectivity index (χ1n) is 8.51. The molecule has 0 aromatic heterocycles. The predicted octanol–water partition coefficient (Wildman–Crippen LogP) is 0.908. The minimum Gasteiger partial charge on any atom is -0.355 e. The van der Waals surface area contributed by atoms with Crippen molar-refractivity contribution in [3.8, 4) is 0 Å². The number of likely N-dealkylation sites (N-methyl/N-ethyl adjacent to an activating group) is 2. The van der Waals surface area contributed by atoms with Gasteiger partial charge in [-0.15, -0.1) is 0 Å². The first-order chi connectivity index (χ1) is 10.8. The highest BCUT2D eigenvalue weighted by Gasteiger charge is 2.33. The number of carbonyl (C=O) groups is 3. The van der Waals surface area contributed by atoms with E-state index in [4.69, 9.17) is 0 Å². The lowest BCUT2D eigenvalue weighted by molar-refractivity contribution is -0.134. The van der Waals surface area contributed by atoms with Gasteiger partial charge in [0.05, 0.1) is 0 Å². The van der Waals surface area contributed by atoms with Gasteiger partial charge in [0.25, 0.3) is 0 Å². The van der Waals surface area contributed by atoms with Crippen LogP contribution >= 0.6 is 0 Å². The first kappa shape index (κ1) is 19.6. The predicted molar refractivity (Wildman–Crippen MR) is 89.9 cm³/mol. The summed E-state index contributed by atoms with van der Waals surface area (Å²) >= 11 is 0. The number of amides is 2. The van der Waals surface area contributed by atoms with Crippen molar-refractivity contribution in [2.45, 2.75) is 39.5 Å². The smallest absolute Gasteiger partial charge is 0.223 e. The van der Waals surface area contributed by atoms with E-state index in [-0.39, 0.29) is 29.4 Å². The fourth-order valence-electron chi connectivity index (χ4n) is 3.02. The number of nitrogens with zero attached hydrogens (tertiary/aromatic N) is 2. The van der Waals surface area contributed by atoms with Crippen molar-refractivity contribution in [3.05, 3.63) is 0 Å². The molecule has 0 heterocycles. The third kappa shape index (κ3) is 6.69. The molecule has 0 aliphatic heterocycles. The Morgan fingerprint density at radius 3 is 2.13 bits per heavy atom. The van der Waals surface area contributed by atoms with E-state index < -0.39 is 0 Å². The zero-order valence-electron chi connectivity index (χ0n) is 14.9. The summed E-state index contributed by atoms with van der Waals surface area (Å²) in [7, 11) is 3.75. The average Bonchev–Trinajstić information content (AvgIpc) is 2.52. The summed E-state index contributed by atoms with van der Waals surface area (Å²) in [4.78, 5) is 38.9. The number of hydrogen-bond donors (Lipinski definition) is 1. The maximum atomic E-state index is 12.3. The molecule has 132 valence electrons. The van der Waals surface area contributed by atoms with Crippen molar-refractivity contribution in [3.63, 3.8) is 0 Å². The minimum atomic E-state index is -0.157. The molecule has 0 aromatic rings. The molecule has 6 heteroatoms. The van der Waals surface area contributed by atoms with Crippen molar-refractivity contribution in [2.75, 3.05) is 40.3 Å². The Kier molecular flexibility index (Phi) is 8.23. The zero-order chi connectivity index (χ0) is 17.4. The molecule has 1 aliphatic carbocycles. The molecular weight excluding hydrogens is 294 g/mol. The molecule has 2 atom stereocenters. The molecule has 1 fully saturated rings. The first-order valence-corrected chi connectivity index (χ1v) is 8.51. The third-order valence-corrected chi connectivity index (χ3v) is 4.77. The molecule has 0 bridgehead atoms. The van der Waals surface area contributed by atoms with E-state index in [2.05, 4.69) is 10.2 Å². The van der Waals surface area contributed by atoms with Gasteiger partial charge in [0.15, 0.2) is 0 Å². The Labute approximate surface area is 139 Å². The Balaban J connectivity index is 2.29. The quantitative estimate of drug-likeness (QED) is 0.720. The SMILES string of the molecule is CC(=O)C1CCCCC1C(=O)NCCN(C)CCN(C)C(C)=O. The van der Waals surface area contributed by atoms with Gasteiger partial charge < -0.3 is 15.1 Å². The van der Waals surface area contributed by atoms with Gasteiger partial charge in [-0.3, -0.25) is 14.4 Å². The summed E-state index contributed by atoms with van der Waals surface area (Å²) in [6, 6.07) is 0. The van der Waals surface area contributed by atoms with Crippen LogP contribution < -0.4 is 5.32 Å². The second-order valence-corrected chi connectivity index (χ2v) is 6.64. The van der Waals surface area contributed by atoms with Gasteiger partial charge >= 0.3 is 0 Å². The van der Waals surface area contributed by atoms with E-state index >= 15 is 0 Å². The fourth-order valence-corrected chi connectivity index (χ4v) is 3.02. The van der Waals surface area contributed by atoms with E-state index in [0.717, 1.165) is 38.8 Å². The topological polar surface area (TPSA) is 69.7 Å². The van der Waals surface area contributed by atoms with Crippen LogP contribution in [0.2, 0.25) is 0 Å². The Morgan fingerprint density at radius 2 is 1.57 bits per heavy atom. The van der Waals surface area contributed by atoms with E-state index in [0.29, 0.717) is 13.1 Å². The van der Waals surface area contributed by atoms with Crippen LogP contribution in [0, 0.1) is 11.8 Å². The van der Waals surface area contributed by atoms with Crippen LogP contribution in [-0.4, -0.2) is 67.7 Å². The van der Waals surface area contributed by atoms with Gasteiger partial charge in [-0.2, -0.15) is 0 Å². The molecule has 0 saturated heterocycles. The van der Waals surface area contributed by atoms with Crippen LogP contribution in [-0.2, 0) is 14.4 Å². The number of ketones is 1. The minimum absolute atomic E-state index is 0.0131. The summed E-state index contributed by atoms with van der Waals surface area (Å²) in [6.45, 7) is 5.89. The molecular formula is C17H31N3O3. The molecule has 1 aliphatic rings. The maximum absolute atomic E-state index is 12.3. The standard InChI is InChI=1S/C17H31N3O3/c1-13(21)15-7-5-6-8-16(15)17(23)18-9-10-19(3)11-12-20(4)14(2)22/h15-16H,5-12H2,1-4H3,(H,18,23). The highest BCUT2D eigenvalue weighted by molar-refractivity contribution is 5.87. The largest absolute Gasteiger partial charge is 0.355 e. The zero-order valence-corrected chi connectivity index (χ0v) is 14.9. The van der Waals surface area contributed by atoms with E-state index in [1.807, 2.05) is 7.05 Å². The lowest BCUT2D eigenvalue weighted by Gasteiger charge is -2.29. The number of rotatable bonds is 8. The number of hydrogen-bond acceptors (Lipinski definition) is 4. The maximum Gasteiger partial charge on any atom is 0.223 e. The number of carbonyl (C=O) groups excluding carboxylic acids is 3. The molecule has 1 saturated carbocycles. The Morgan fingerprint density at radius 1 is 0.957 bits per heavy atom. The number of Topliss-reactive ketones (excluding diaryl/α,β-unsaturated/α-hetero) is 1. The molecule has 0 aromatic carbocycles. The average molecular weight is 325 g/mol. The second kappa shape index (κ2) is 9.65. The van der Waals surface area contributed by atoms with Crippen molar-refractivity contribution >= 4 is 17.6 Å². The monoisotopic (exact) mass is 325 g/mol. The normalized spacial score (nSPS) is 21.1. The van der Waals surface area contributed by atoms with E-state index in [1.165, 1.54) is 0 Å². The van der Waals surface area contributed by atoms with E-state index in [1.54, 1.807) is 25.8 Å². The molecule has 2 amide bonds. The van der Waals surface area contributed by atoms with Crippen molar-refractivity contribution in [2.24, 2.45) is 11.8 Å². The van der Waals surface area contributed by atoms with Gasteiger partial charge in [-0.25, -0.2) is 0 Å². The van der Waals surface area contributed by atoms with E-state index in [9.17, 15) is 14.4 Å². The summed E-state index contributed by atoms with van der Waals surface area (Å²) in [5.74, 6) is -0.0613. The molecule has 1 rings (SSSR count). The van der Waals surface area contributed by atoms with Gasteiger partial charge in [-0.05, 0) is 26.8 Å². The fraction of sp³-hybridized carbons (Fsp3) is 0.824. The second-order valence-electron chi connectivity index (χ2n) is 6.64. The lowest BCUT2D eigenvalue weighted by Crippen LogP contribution is -2.42. The summed E-state index contributed by atoms with van der Waals surface area (Å²) in [5.41, 5.74) is 0. The molecule has 0 spiro atoms. The molecule has 6 nitrogen and oxygen atoms in total. The van der Waals surface area contributed by atoms with Crippen LogP contribution in [0.5, 0.6) is 0 Å². The highest BCUT2D eigenvalue weighted by Crippen LogP contribution is 2.30. The highest BCUT2D eigenvalue weighted by atomic mass is 16.2. The summed E-state index contributed by atoms with van der Waals surface area (Å²) in [5, 5.41) is 2.97. The molecule has 0 radical (unpaired) electrons. The van der Waals surface area contributed by atoms with Crippen LogP contribution in [0.15, 0.2) is 0 Å². The lowest BCUT2D eigenvalue weighted by atomic mass is 9.77. The van der Waals surface area contributed by atoms with Crippen molar-refractivity contribution in [1.82, 2.24) is 15.1 Å². The Bertz CT molecular complexity index is 425. The van der Waals surface area contributed by atoms with Crippen LogP contribution in [0.1, 0.15) is 39.5 Å². The van der Waals surface area contributed by atoms with Gasteiger partial charge in [-0.1, -0.05) is 12.8 Å². The van der Waals surface area contributed by atoms with Gasteiger partial charge in [0, 0.05) is 52.0 Å². The van der Waals surface area contributed by atoms with Gasteiger partial charge in [0.2, 0.25) is 11.8 Å². The van der Waals surface area contributed by atoms with Crippen molar-refractivity contribution in [1.29, 1.82) is 0 Å². The third-order valence-electron chi connectivity index (χ3n) is 4.77. The summed E-state index contributed by atoms with van der Waals surface area (Å²) in [6.07, 6.45) is 3.72. The molecule has 2 unspecified atom stereocenters. The molecule has 23 heavy (non-hydrogen) atoms. The van der Waals surface area contributed by atoms with Crippen LogP contribution in [0.3, 0.4) is 0 Å². The van der Waals surface area contributed by atoms with Crippen molar-refractivity contribution < 1.29 is 14.4 Å². The van der Waals surface area contributed by atoms with Gasteiger partial charge in [0.1, 0.15) is 5.78 Å². The Hall–Kier alpha value is -1.43. The summed E-state index contributed by atoms with van der Waals surface area (Å²) < 4.78 is 0.